The smallest absolute Gasteiger partial charge is 0.221 e. The Bertz CT molecular complexity index is 854. The first-order valence-corrected chi connectivity index (χ1v) is 6.95. The second kappa shape index (κ2) is 6.03. The summed E-state index contributed by atoms with van der Waals surface area (Å²) in [7, 11) is 1.60. The molecule has 0 atom stereocenters. The SMILES string of the molecule is COc1ccc2nc(Cl)c(C=CC(=O)c3ccco3)cc2c1. The van der Waals surface area contributed by atoms with Gasteiger partial charge in [-0.3, -0.25) is 4.79 Å². The summed E-state index contributed by atoms with van der Waals surface area (Å²) in [6, 6.07) is 10.7. The Hall–Kier alpha value is -2.59. The van der Waals surface area contributed by atoms with Crippen LogP contribution < -0.4 is 4.74 Å². The molecule has 0 radical (unpaired) electrons. The van der Waals surface area contributed by atoms with Gasteiger partial charge in [0.2, 0.25) is 5.78 Å². The van der Waals surface area contributed by atoms with Crippen LogP contribution in [0, 0.1) is 0 Å². The third-order valence-corrected chi connectivity index (χ3v) is 3.48. The van der Waals surface area contributed by atoms with Crippen molar-refractivity contribution in [1.29, 1.82) is 0 Å². The van der Waals surface area contributed by atoms with Crippen LogP contribution in [-0.2, 0) is 0 Å². The topological polar surface area (TPSA) is 52.3 Å². The molecule has 0 aliphatic rings. The molecule has 0 aliphatic heterocycles. The van der Waals surface area contributed by atoms with Gasteiger partial charge in [0.1, 0.15) is 10.9 Å². The number of furan rings is 1. The summed E-state index contributed by atoms with van der Waals surface area (Å²) in [4.78, 5) is 16.2. The lowest BCUT2D eigenvalue weighted by molar-refractivity contribution is 0.102. The summed E-state index contributed by atoms with van der Waals surface area (Å²) in [5, 5.41) is 1.22. The number of benzene rings is 1. The Morgan fingerprint density at radius 2 is 2.18 bits per heavy atom. The van der Waals surface area contributed by atoms with Crippen molar-refractivity contribution in [3.8, 4) is 5.75 Å². The average molecular weight is 314 g/mol. The van der Waals surface area contributed by atoms with E-state index in [-0.39, 0.29) is 11.5 Å². The number of nitrogens with zero attached hydrogens (tertiary/aromatic N) is 1. The third kappa shape index (κ3) is 2.87. The fraction of sp³-hybridized carbons (Fsp3) is 0.0588. The lowest BCUT2D eigenvalue weighted by Gasteiger charge is -2.04. The standard InChI is InChI=1S/C17H12ClNO3/c1-21-13-5-6-14-12(10-13)9-11(17(18)19-14)4-7-15(20)16-3-2-8-22-16/h2-10H,1H3. The summed E-state index contributed by atoms with van der Waals surface area (Å²) in [6.45, 7) is 0. The van der Waals surface area contributed by atoms with E-state index in [4.69, 9.17) is 20.8 Å². The second-order valence-electron chi connectivity index (χ2n) is 4.60. The van der Waals surface area contributed by atoms with Crippen LogP contribution in [0.1, 0.15) is 16.1 Å². The van der Waals surface area contributed by atoms with Gasteiger partial charge in [0.25, 0.3) is 0 Å². The van der Waals surface area contributed by atoms with Gasteiger partial charge >= 0.3 is 0 Å². The Balaban J connectivity index is 1.96. The van der Waals surface area contributed by atoms with Crippen LogP contribution in [0.4, 0.5) is 0 Å². The maximum Gasteiger partial charge on any atom is 0.221 e. The van der Waals surface area contributed by atoms with Gasteiger partial charge in [0.05, 0.1) is 18.9 Å². The Labute approximate surface area is 132 Å². The molecule has 0 aliphatic carbocycles. The lowest BCUT2D eigenvalue weighted by atomic mass is 10.1. The molecule has 0 bridgehead atoms. The van der Waals surface area contributed by atoms with E-state index in [1.807, 2.05) is 24.3 Å². The van der Waals surface area contributed by atoms with Crippen LogP contribution in [0.2, 0.25) is 5.15 Å². The van der Waals surface area contributed by atoms with E-state index in [1.54, 1.807) is 25.3 Å². The van der Waals surface area contributed by atoms with Crippen molar-refractivity contribution < 1.29 is 13.9 Å². The molecular formula is C17H12ClNO3. The highest BCUT2D eigenvalue weighted by atomic mass is 35.5. The van der Waals surface area contributed by atoms with E-state index < -0.39 is 0 Å². The van der Waals surface area contributed by atoms with Gasteiger partial charge in [-0.2, -0.15) is 0 Å². The number of carbonyl (C=O) groups is 1. The quantitative estimate of drug-likeness (QED) is 0.407. The van der Waals surface area contributed by atoms with Crippen LogP contribution >= 0.6 is 11.6 Å². The molecule has 3 rings (SSSR count). The van der Waals surface area contributed by atoms with Gasteiger partial charge in [-0.1, -0.05) is 11.6 Å². The maximum atomic E-state index is 11.9. The summed E-state index contributed by atoms with van der Waals surface area (Å²) >= 11 is 6.16. The molecule has 0 saturated heterocycles. The number of aromatic nitrogens is 1. The predicted molar refractivity (Wildman–Crippen MR) is 85.4 cm³/mol. The van der Waals surface area contributed by atoms with Crippen LogP contribution in [0.3, 0.4) is 0 Å². The normalized spacial score (nSPS) is 11.2. The predicted octanol–water partition coefficient (Wildman–Crippen LogP) is 4.39. The molecule has 0 saturated carbocycles. The summed E-state index contributed by atoms with van der Waals surface area (Å²) in [6.07, 6.45) is 4.49. The zero-order chi connectivity index (χ0) is 15.5. The summed E-state index contributed by atoms with van der Waals surface area (Å²) in [5.41, 5.74) is 1.42. The highest BCUT2D eigenvalue weighted by Gasteiger charge is 2.07. The summed E-state index contributed by atoms with van der Waals surface area (Å²) < 4.78 is 10.2. The monoisotopic (exact) mass is 313 g/mol. The van der Waals surface area contributed by atoms with E-state index in [2.05, 4.69) is 4.98 Å². The number of rotatable bonds is 4. The molecule has 0 N–H and O–H groups in total. The second-order valence-corrected chi connectivity index (χ2v) is 4.96. The first-order valence-electron chi connectivity index (χ1n) is 6.57. The van der Waals surface area contributed by atoms with Gasteiger partial charge < -0.3 is 9.15 Å². The fourth-order valence-corrected chi connectivity index (χ4v) is 2.27. The number of hydrogen-bond acceptors (Lipinski definition) is 4. The van der Waals surface area contributed by atoms with Crippen molar-refractivity contribution in [2.75, 3.05) is 7.11 Å². The van der Waals surface area contributed by atoms with Crippen LogP contribution in [0.5, 0.6) is 5.75 Å². The van der Waals surface area contributed by atoms with Crippen LogP contribution in [0.25, 0.3) is 17.0 Å². The third-order valence-electron chi connectivity index (χ3n) is 3.18. The minimum absolute atomic E-state index is 0.230. The largest absolute Gasteiger partial charge is 0.497 e. The molecule has 0 spiro atoms. The first-order chi connectivity index (χ1) is 10.7. The van der Waals surface area contributed by atoms with Gasteiger partial charge in [-0.15, -0.1) is 0 Å². The fourth-order valence-electron chi connectivity index (χ4n) is 2.06. The Kier molecular flexibility index (Phi) is 3.94. The zero-order valence-corrected chi connectivity index (χ0v) is 12.5. The number of methoxy groups -OCH3 is 1. The van der Waals surface area contributed by atoms with Crippen LogP contribution in [-0.4, -0.2) is 17.9 Å². The number of pyridine rings is 1. The molecular weight excluding hydrogens is 302 g/mol. The number of hydrogen-bond donors (Lipinski definition) is 0. The van der Waals surface area contributed by atoms with E-state index in [1.165, 1.54) is 12.3 Å². The molecule has 3 aromatic rings. The van der Waals surface area contributed by atoms with Crippen LogP contribution in [0.15, 0.2) is 53.2 Å². The Morgan fingerprint density at radius 3 is 2.91 bits per heavy atom. The molecule has 2 heterocycles. The number of halogens is 1. The number of ketones is 1. The van der Waals surface area contributed by atoms with E-state index in [0.717, 1.165) is 16.7 Å². The number of carbonyl (C=O) groups excluding carboxylic acids is 1. The highest BCUT2D eigenvalue weighted by Crippen LogP contribution is 2.25. The van der Waals surface area contributed by atoms with E-state index in [9.17, 15) is 4.79 Å². The Morgan fingerprint density at radius 1 is 1.32 bits per heavy atom. The van der Waals surface area contributed by atoms with Crippen molar-refractivity contribution in [1.82, 2.24) is 4.98 Å². The average Bonchev–Trinajstić information content (AvgIpc) is 3.06. The van der Waals surface area contributed by atoms with Crippen molar-refractivity contribution >= 4 is 34.4 Å². The minimum atomic E-state index is -0.230. The number of fused-ring (bicyclic) bond motifs is 1. The number of ether oxygens (including phenoxy) is 1. The molecule has 0 fully saturated rings. The van der Waals surface area contributed by atoms with Crippen molar-refractivity contribution in [3.05, 3.63) is 65.2 Å². The van der Waals surface area contributed by atoms with E-state index in [0.29, 0.717) is 10.7 Å². The molecule has 0 amide bonds. The minimum Gasteiger partial charge on any atom is -0.497 e. The lowest BCUT2D eigenvalue weighted by Crippen LogP contribution is -1.91. The van der Waals surface area contributed by atoms with Gasteiger partial charge in [-0.25, -0.2) is 4.98 Å². The molecule has 22 heavy (non-hydrogen) atoms. The van der Waals surface area contributed by atoms with E-state index >= 15 is 0 Å². The summed E-state index contributed by atoms with van der Waals surface area (Å²) in [5.74, 6) is 0.785. The zero-order valence-electron chi connectivity index (χ0n) is 11.7. The maximum absolute atomic E-state index is 11.9. The van der Waals surface area contributed by atoms with Crippen molar-refractivity contribution in [2.45, 2.75) is 0 Å². The number of allylic oxidation sites excluding steroid dienone is 1. The first kappa shape index (κ1) is 14.4. The molecule has 5 heteroatoms. The molecule has 1 aromatic carbocycles. The van der Waals surface area contributed by atoms with Crippen molar-refractivity contribution in [2.24, 2.45) is 0 Å². The van der Waals surface area contributed by atoms with Crippen molar-refractivity contribution in [3.63, 3.8) is 0 Å². The molecule has 4 nitrogen and oxygen atoms in total. The van der Waals surface area contributed by atoms with Gasteiger partial charge in [0.15, 0.2) is 5.76 Å². The molecule has 0 unspecified atom stereocenters. The van der Waals surface area contributed by atoms with Gasteiger partial charge in [0, 0.05) is 10.9 Å². The molecule has 2 aromatic heterocycles. The van der Waals surface area contributed by atoms with Gasteiger partial charge in [-0.05, 0) is 48.6 Å². The molecule has 110 valence electrons. The highest BCUT2D eigenvalue weighted by molar-refractivity contribution is 6.31.